The number of aryl methyl sites for hydroxylation is 1. The Labute approximate surface area is 202 Å². The zero-order valence-corrected chi connectivity index (χ0v) is 19.6. The van der Waals surface area contributed by atoms with Crippen LogP contribution in [0, 0.1) is 6.92 Å². The van der Waals surface area contributed by atoms with Crippen LogP contribution in [-0.4, -0.2) is 37.2 Å². The van der Waals surface area contributed by atoms with Gasteiger partial charge in [-0.15, -0.1) is 5.10 Å². The van der Waals surface area contributed by atoms with Crippen molar-refractivity contribution in [3.63, 3.8) is 0 Å². The molecule has 0 unspecified atom stereocenters. The minimum atomic E-state index is -0.0956. The number of pyridine rings is 1. The highest BCUT2D eigenvalue weighted by Gasteiger charge is 2.17. The highest BCUT2D eigenvalue weighted by Crippen LogP contribution is 2.19. The first-order valence-corrected chi connectivity index (χ1v) is 11.3. The SMILES string of the molecule is COc1ccc(CN(Cc2cc3cccc(C)c3[nH]c2=O)Cc2nnnn2Cc2ccco2)cc1. The van der Waals surface area contributed by atoms with Crippen LogP contribution in [-0.2, 0) is 26.2 Å². The Morgan fingerprint density at radius 1 is 1.06 bits per heavy atom. The number of para-hydroxylation sites is 1. The molecule has 0 spiro atoms. The average Bonchev–Trinajstić information content (AvgIpc) is 3.53. The summed E-state index contributed by atoms with van der Waals surface area (Å²) in [6.45, 7) is 3.90. The molecule has 2 aromatic carbocycles. The molecule has 0 saturated carbocycles. The molecule has 3 heterocycles. The van der Waals surface area contributed by atoms with E-state index in [0.717, 1.165) is 33.5 Å². The predicted molar refractivity (Wildman–Crippen MR) is 131 cm³/mol. The van der Waals surface area contributed by atoms with Crippen molar-refractivity contribution >= 4 is 10.9 Å². The lowest BCUT2D eigenvalue weighted by Crippen LogP contribution is -2.28. The second kappa shape index (κ2) is 9.94. The number of rotatable bonds is 9. The first kappa shape index (κ1) is 22.5. The number of furan rings is 1. The van der Waals surface area contributed by atoms with Gasteiger partial charge in [0.2, 0.25) is 0 Å². The first-order chi connectivity index (χ1) is 17.1. The minimum Gasteiger partial charge on any atom is -0.497 e. The number of hydrogen-bond acceptors (Lipinski definition) is 7. The molecule has 0 radical (unpaired) electrons. The molecular formula is C26H26N6O3. The molecule has 5 rings (SSSR count). The molecule has 35 heavy (non-hydrogen) atoms. The Kier molecular flexibility index (Phi) is 6.40. The fourth-order valence-corrected chi connectivity index (χ4v) is 4.15. The number of aromatic nitrogens is 5. The predicted octanol–water partition coefficient (Wildman–Crippen LogP) is 3.68. The van der Waals surface area contributed by atoms with Gasteiger partial charge < -0.3 is 14.1 Å². The van der Waals surface area contributed by atoms with Crippen LogP contribution >= 0.6 is 0 Å². The molecule has 1 N–H and O–H groups in total. The molecule has 0 fully saturated rings. The van der Waals surface area contributed by atoms with Crippen molar-refractivity contribution in [3.05, 3.63) is 106 Å². The van der Waals surface area contributed by atoms with Gasteiger partial charge in [-0.05, 0) is 64.2 Å². The van der Waals surface area contributed by atoms with E-state index in [4.69, 9.17) is 9.15 Å². The van der Waals surface area contributed by atoms with Gasteiger partial charge in [-0.1, -0.05) is 30.3 Å². The molecule has 0 bridgehead atoms. The molecule has 5 aromatic rings. The van der Waals surface area contributed by atoms with Crippen LogP contribution in [0.25, 0.3) is 10.9 Å². The lowest BCUT2D eigenvalue weighted by Gasteiger charge is -2.22. The smallest absolute Gasteiger partial charge is 0.252 e. The number of ether oxygens (including phenoxy) is 1. The van der Waals surface area contributed by atoms with Crippen LogP contribution in [0.4, 0.5) is 0 Å². The molecule has 0 aliphatic carbocycles. The highest BCUT2D eigenvalue weighted by atomic mass is 16.5. The fourth-order valence-electron chi connectivity index (χ4n) is 4.15. The Morgan fingerprint density at radius 3 is 2.69 bits per heavy atom. The zero-order chi connectivity index (χ0) is 24.2. The molecule has 9 nitrogen and oxygen atoms in total. The van der Waals surface area contributed by atoms with Crippen LogP contribution in [0.1, 0.15) is 28.3 Å². The summed E-state index contributed by atoms with van der Waals surface area (Å²) in [5.74, 6) is 2.24. The normalized spacial score (nSPS) is 11.4. The highest BCUT2D eigenvalue weighted by molar-refractivity contribution is 5.81. The fraction of sp³-hybridized carbons (Fsp3) is 0.231. The van der Waals surface area contributed by atoms with Gasteiger partial charge in [-0.3, -0.25) is 9.69 Å². The third-order valence-corrected chi connectivity index (χ3v) is 5.98. The van der Waals surface area contributed by atoms with Crippen molar-refractivity contribution in [2.24, 2.45) is 0 Å². The summed E-state index contributed by atoms with van der Waals surface area (Å²) in [5, 5.41) is 13.3. The molecule has 0 aliphatic rings. The molecule has 178 valence electrons. The van der Waals surface area contributed by atoms with Gasteiger partial charge in [0.25, 0.3) is 5.56 Å². The summed E-state index contributed by atoms with van der Waals surface area (Å²) in [6, 6.07) is 19.6. The van der Waals surface area contributed by atoms with Crippen LogP contribution in [0.15, 0.2) is 76.1 Å². The maximum absolute atomic E-state index is 13.0. The lowest BCUT2D eigenvalue weighted by molar-refractivity contribution is 0.235. The van der Waals surface area contributed by atoms with Gasteiger partial charge in [0, 0.05) is 18.7 Å². The van der Waals surface area contributed by atoms with E-state index in [0.29, 0.717) is 37.6 Å². The zero-order valence-electron chi connectivity index (χ0n) is 19.6. The molecule has 0 aliphatic heterocycles. The van der Waals surface area contributed by atoms with Gasteiger partial charge >= 0.3 is 0 Å². The van der Waals surface area contributed by atoms with Crippen LogP contribution < -0.4 is 10.3 Å². The topological polar surface area (TPSA) is 102 Å². The summed E-state index contributed by atoms with van der Waals surface area (Å²) in [7, 11) is 1.65. The molecule has 9 heteroatoms. The molecule has 0 saturated heterocycles. The number of methoxy groups -OCH3 is 1. The summed E-state index contributed by atoms with van der Waals surface area (Å²) in [4.78, 5) is 18.2. The third kappa shape index (κ3) is 5.15. The maximum Gasteiger partial charge on any atom is 0.252 e. The number of tetrazole rings is 1. The van der Waals surface area contributed by atoms with E-state index < -0.39 is 0 Å². The summed E-state index contributed by atoms with van der Waals surface area (Å²) >= 11 is 0. The van der Waals surface area contributed by atoms with Gasteiger partial charge in [-0.2, -0.15) is 0 Å². The number of benzene rings is 2. The lowest BCUT2D eigenvalue weighted by atomic mass is 10.1. The van der Waals surface area contributed by atoms with E-state index in [1.807, 2.05) is 67.6 Å². The first-order valence-electron chi connectivity index (χ1n) is 11.3. The van der Waals surface area contributed by atoms with Gasteiger partial charge in [0.05, 0.1) is 25.4 Å². The van der Waals surface area contributed by atoms with Crippen molar-refractivity contribution in [1.29, 1.82) is 0 Å². The van der Waals surface area contributed by atoms with Crippen molar-refractivity contribution < 1.29 is 9.15 Å². The molecule has 0 amide bonds. The number of nitrogens with one attached hydrogen (secondary N) is 1. The summed E-state index contributed by atoms with van der Waals surface area (Å²) < 4.78 is 12.5. The standard InChI is InChI=1S/C26H26N6O3/c1-18-5-3-6-20-13-21(26(33)27-25(18)20)15-31(14-19-8-10-22(34-2)11-9-19)17-24-28-29-30-32(24)16-23-7-4-12-35-23/h3-13H,14-17H2,1-2H3,(H,27,33). The van der Waals surface area contributed by atoms with Crippen molar-refractivity contribution in [3.8, 4) is 5.75 Å². The average molecular weight is 471 g/mol. The number of fused-ring (bicyclic) bond motifs is 1. The van der Waals surface area contributed by atoms with Crippen molar-refractivity contribution in [2.45, 2.75) is 33.1 Å². The van der Waals surface area contributed by atoms with Crippen LogP contribution in [0.2, 0.25) is 0 Å². The molecular weight excluding hydrogens is 444 g/mol. The van der Waals surface area contributed by atoms with E-state index >= 15 is 0 Å². The summed E-state index contributed by atoms with van der Waals surface area (Å²) in [6.07, 6.45) is 1.63. The van der Waals surface area contributed by atoms with Gasteiger partial charge in [0.1, 0.15) is 18.1 Å². The quantitative estimate of drug-likeness (QED) is 0.351. The van der Waals surface area contributed by atoms with Gasteiger partial charge in [0.15, 0.2) is 5.82 Å². The van der Waals surface area contributed by atoms with Crippen LogP contribution in [0.5, 0.6) is 5.75 Å². The number of nitrogens with zero attached hydrogens (tertiary/aromatic N) is 5. The number of H-pyrrole nitrogens is 1. The van der Waals surface area contributed by atoms with Crippen molar-refractivity contribution in [1.82, 2.24) is 30.1 Å². The van der Waals surface area contributed by atoms with E-state index in [1.54, 1.807) is 18.1 Å². The Hall–Kier alpha value is -4.24. The van der Waals surface area contributed by atoms with E-state index in [9.17, 15) is 4.79 Å². The minimum absolute atomic E-state index is 0.0956. The largest absolute Gasteiger partial charge is 0.497 e. The van der Waals surface area contributed by atoms with Crippen molar-refractivity contribution in [2.75, 3.05) is 7.11 Å². The maximum atomic E-state index is 13.0. The molecule has 3 aromatic heterocycles. The number of aromatic amines is 1. The molecule has 0 atom stereocenters. The summed E-state index contributed by atoms with van der Waals surface area (Å²) in [5.41, 5.74) is 3.58. The third-order valence-electron chi connectivity index (χ3n) is 5.98. The second-order valence-corrected chi connectivity index (χ2v) is 8.49. The van der Waals surface area contributed by atoms with E-state index in [1.165, 1.54) is 0 Å². The Morgan fingerprint density at radius 2 is 1.91 bits per heavy atom. The van der Waals surface area contributed by atoms with Gasteiger partial charge in [-0.25, -0.2) is 4.68 Å². The van der Waals surface area contributed by atoms with Crippen LogP contribution in [0.3, 0.4) is 0 Å². The number of hydrogen-bond donors (Lipinski definition) is 1. The van der Waals surface area contributed by atoms with E-state index in [2.05, 4.69) is 25.4 Å². The Balaban J connectivity index is 1.44. The Bertz CT molecular complexity index is 1470. The van der Waals surface area contributed by atoms with E-state index in [-0.39, 0.29) is 5.56 Å². The second-order valence-electron chi connectivity index (χ2n) is 8.49. The monoisotopic (exact) mass is 470 g/mol.